The van der Waals surface area contributed by atoms with E-state index in [4.69, 9.17) is 15.2 Å². The summed E-state index contributed by atoms with van der Waals surface area (Å²) in [5.74, 6) is -3.52. The van der Waals surface area contributed by atoms with Crippen LogP contribution in [0.1, 0.15) is 82.7 Å². The normalized spacial score (nSPS) is 30.6. The van der Waals surface area contributed by atoms with Gasteiger partial charge in [-0.05, 0) is 6.92 Å². The van der Waals surface area contributed by atoms with Crippen LogP contribution in [-0.4, -0.2) is 67.9 Å². The molecule has 38 heavy (non-hydrogen) atoms. The first-order valence-electron chi connectivity index (χ1n) is 12.7. The third kappa shape index (κ3) is 3.95. The van der Waals surface area contributed by atoms with Gasteiger partial charge in [0, 0.05) is 53.5 Å². The van der Waals surface area contributed by atoms with Gasteiger partial charge >= 0.3 is 0 Å². The Hall–Kier alpha value is -3.15. The van der Waals surface area contributed by atoms with E-state index in [-0.39, 0.29) is 46.2 Å². The number of rotatable bonds is 4. The lowest BCUT2D eigenvalue weighted by atomic mass is 9.70. The van der Waals surface area contributed by atoms with Crippen LogP contribution in [0.3, 0.4) is 0 Å². The zero-order valence-corrected chi connectivity index (χ0v) is 21.3. The Balaban J connectivity index is 1.67. The zero-order valence-electron chi connectivity index (χ0n) is 21.3. The molecule has 1 aliphatic heterocycles. The molecular weight excluding hydrogens is 494 g/mol. The summed E-state index contributed by atoms with van der Waals surface area (Å²) in [5, 5.41) is 44.5. The summed E-state index contributed by atoms with van der Waals surface area (Å²) in [4.78, 5) is 39.9. The van der Waals surface area contributed by atoms with Crippen molar-refractivity contribution < 1.29 is 44.3 Å². The van der Waals surface area contributed by atoms with Gasteiger partial charge in [0.2, 0.25) is 0 Å². The van der Waals surface area contributed by atoms with Crippen LogP contribution in [0, 0.1) is 5.92 Å². The van der Waals surface area contributed by atoms with Crippen molar-refractivity contribution in [1.29, 1.82) is 0 Å². The largest absolute Gasteiger partial charge is 0.507 e. The van der Waals surface area contributed by atoms with E-state index in [1.165, 1.54) is 12.1 Å². The van der Waals surface area contributed by atoms with Crippen LogP contribution >= 0.6 is 0 Å². The van der Waals surface area contributed by atoms with E-state index in [0.717, 1.165) is 0 Å². The van der Waals surface area contributed by atoms with Crippen LogP contribution < -0.4 is 5.73 Å². The highest BCUT2D eigenvalue weighted by Gasteiger charge is 2.50. The summed E-state index contributed by atoms with van der Waals surface area (Å²) in [7, 11) is 0. The van der Waals surface area contributed by atoms with E-state index >= 15 is 0 Å². The van der Waals surface area contributed by atoms with Crippen molar-refractivity contribution in [1.82, 2.24) is 0 Å². The number of aliphatic hydroxyl groups excluding tert-OH is 1. The van der Waals surface area contributed by atoms with Gasteiger partial charge in [0.25, 0.3) is 0 Å². The number of phenols is 2. The third-order valence-corrected chi connectivity index (χ3v) is 7.82. The summed E-state index contributed by atoms with van der Waals surface area (Å²) < 4.78 is 11.9. The summed E-state index contributed by atoms with van der Waals surface area (Å²) in [6.07, 6.45) is -4.40. The highest BCUT2D eigenvalue weighted by atomic mass is 16.7. The van der Waals surface area contributed by atoms with Gasteiger partial charge in [-0.2, -0.15) is 0 Å². The number of nitrogens with two attached hydrogens (primary N) is 1. The quantitative estimate of drug-likeness (QED) is 0.315. The van der Waals surface area contributed by atoms with Crippen LogP contribution in [0.5, 0.6) is 11.5 Å². The van der Waals surface area contributed by atoms with Crippen molar-refractivity contribution in [3.05, 3.63) is 57.6 Å². The van der Waals surface area contributed by atoms with Gasteiger partial charge in [-0.25, -0.2) is 0 Å². The van der Waals surface area contributed by atoms with Crippen LogP contribution in [0.25, 0.3) is 0 Å². The fraction of sp³-hybridized carbons (Fsp3) is 0.464. The Kier molecular flexibility index (Phi) is 6.44. The number of aliphatic hydroxyl groups is 2. The molecule has 0 unspecified atom stereocenters. The predicted octanol–water partition coefficient (Wildman–Crippen LogP) is 1.66. The monoisotopic (exact) mass is 525 g/mol. The molecule has 202 valence electrons. The van der Waals surface area contributed by atoms with E-state index in [1.54, 1.807) is 32.9 Å². The molecule has 0 spiro atoms. The molecule has 2 aromatic rings. The molecule has 0 bridgehead atoms. The number of fused-ring (bicyclic) bond motifs is 3. The standard InChI is InChI=1S/C28H31NO9/c1-11(2)27(35)28(36)9-15-19(17(10-28)38-18-8-16(29)22(30)12(3)37-18)26(34)21-20(25(15)33)23(31)13-6-4-5-7-14(13)24(21)32/h4-7,11-12,16-18,22,30,33-34,36H,8-10,29H2,1-3H3/t12-,16-,17+,18-,22+,28+/m1/s1. The van der Waals surface area contributed by atoms with Crippen LogP contribution in [0.4, 0.5) is 0 Å². The molecular formula is C28H31NO9. The van der Waals surface area contributed by atoms with Gasteiger partial charge in [0.1, 0.15) is 17.1 Å². The minimum Gasteiger partial charge on any atom is -0.507 e. The highest BCUT2D eigenvalue weighted by molar-refractivity contribution is 6.30. The van der Waals surface area contributed by atoms with Crippen molar-refractivity contribution in [2.45, 2.75) is 76.3 Å². The molecule has 10 heteroatoms. The molecule has 1 fully saturated rings. The molecule has 0 aromatic heterocycles. The molecule has 2 aliphatic carbocycles. The first-order valence-corrected chi connectivity index (χ1v) is 12.7. The van der Waals surface area contributed by atoms with Crippen molar-refractivity contribution >= 4 is 17.3 Å². The number of aromatic hydroxyl groups is 2. The fourth-order valence-corrected chi connectivity index (χ4v) is 5.88. The minimum atomic E-state index is -1.99. The van der Waals surface area contributed by atoms with Crippen molar-refractivity contribution in [3.63, 3.8) is 0 Å². The Morgan fingerprint density at radius 2 is 1.68 bits per heavy atom. The molecule has 1 saturated heterocycles. The average Bonchev–Trinajstić information content (AvgIpc) is 2.87. The van der Waals surface area contributed by atoms with Gasteiger partial charge in [-0.15, -0.1) is 0 Å². The lowest BCUT2D eigenvalue weighted by Crippen LogP contribution is -2.53. The second-order valence-corrected chi connectivity index (χ2v) is 10.8. The van der Waals surface area contributed by atoms with Gasteiger partial charge in [-0.1, -0.05) is 38.1 Å². The number of ether oxygens (including phenoxy) is 2. The number of carbonyl (C=O) groups excluding carboxylic acids is 3. The maximum atomic E-state index is 13.4. The fourth-order valence-electron chi connectivity index (χ4n) is 5.88. The second-order valence-electron chi connectivity index (χ2n) is 10.8. The van der Waals surface area contributed by atoms with E-state index < -0.39 is 77.4 Å². The molecule has 1 heterocycles. The van der Waals surface area contributed by atoms with Crippen LogP contribution in [0.15, 0.2) is 24.3 Å². The van der Waals surface area contributed by atoms with E-state index in [2.05, 4.69) is 0 Å². The molecule has 10 nitrogen and oxygen atoms in total. The Bertz CT molecular complexity index is 1340. The van der Waals surface area contributed by atoms with Crippen LogP contribution in [0.2, 0.25) is 0 Å². The molecule has 0 amide bonds. The van der Waals surface area contributed by atoms with Gasteiger partial charge in [-0.3, -0.25) is 14.4 Å². The first-order chi connectivity index (χ1) is 17.9. The molecule has 5 rings (SSSR count). The SMILES string of the molecule is CC(C)C(=O)[C@]1(O)Cc2c(O)c3c(c(O)c2[C@@H](O[C@@H]2C[C@@H](N)[C@@H](O)[C@@H](C)O2)C1)C(=O)c1ccccc1C3=O. The van der Waals surface area contributed by atoms with E-state index in [9.17, 15) is 34.8 Å². The number of hydrogen-bond acceptors (Lipinski definition) is 10. The van der Waals surface area contributed by atoms with E-state index in [1.807, 2.05) is 0 Å². The molecule has 3 aliphatic rings. The number of ketones is 3. The zero-order chi connectivity index (χ0) is 27.7. The molecule has 6 atom stereocenters. The van der Waals surface area contributed by atoms with Crippen molar-refractivity contribution in [3.8, 4) is 11.5 Å². The van der Waals surface area contributed by atoms with Crippen molar-refractivity contribution in [2.75, 3.05) is 0 Å². The van der Waals surface area contributed by atoms with Gasteiger partial charge < -0.3 is 35.6 Å². The summed E-state index contributed by atoms with van der Waals surface area (Å²) in [6.45, 7) is 4.87. The summed E-state index contributed by atoms with van der Waals surface area (Å²) in [5.41, 5.74) is 3.42. The van der Waals surface area contributed by atoms with E-state index in [0.29, 0.717) is 0 Å². The van der Waals surface area contributed by atoms with Crippen molar-refractivity contribution in [2.24, 2.45) is 11.7 Å². The predicted molar refractivity (Wildman–Crippen MR) is 133 cm³/mol. The number of benzene rings is 2. The number of Topliss-reactive ketones (excluding diaryl/α,β-unsaturated/α-hetero) is 1. The third-order valence-electron chi connectivity index (χ3n) is 7.82. The highest BCUT2D eigenvalue weighted by Crippen LogP contribution is 2.52. The topological polar surface area (TPSA) is 177 Å². The number of hydrogen-bond donors (Lipinski definition) is 5. The Morgan fingerprint density at radius 3 is 2.24 bits per heavy atom. The number of carbonyl (C=O) groups is 3. The van der Waals surface area contributed by atoms with Crippen LogP contribution in [-0.2, 0) is 20.7 Å². The minimum absolute atomic E-state index is 0.000964. The Labute approximate surface area is 219 Å². The molecule has 6 N–H and O–H groups in total. The molecule has 2 aromatic carbocycles. The average molecular weight is 526 g/mol. The second kappa shape index (κ2) is 9.25. The maximum absolute atomic E-state index is 13.4. The maximum Gasteiger partial charge on any atom is 0.198 e. The van der Waals surface area contributed by atoms with Gasteiger partial charge in [0.15, 0.2) is 23.6 Å². The molecule has 0 radical (unpaired) electrons. The summed E-state index contributed by atoms with van der Waals surface area (Å²) >= 11 is 0. The lowest BCUT2D eigenvalue weighted by Gasteiger charge is -2.42. The summed E-state index contributed by atoms with van der Waals surface area (Å²) in [6, 6.07) is 5.42. The number of phenolic OH excluding ortho intramolecular Hbond substituents is 2. The smallest absolute Gasteiger partial charge is 0.198 e. The lowest BCUT2D eigenvalue weighted by molar-refractivity contribution is -0.247. The first kappa shape index (κ1) is 26.5. The molecule has 0 saturated carbocycles. The Morgan fingerprint density at radius 1 is 1.11 bits per heavy atom. The van der Waals surface area contributed by atoms with Gasteiger partial charge in [0.05, 0.1) is 29.4 Å².